The van der Waals surface area contributed by atoms with Gasteiger partial charge in [-0.05, 0) is 36.8 Å². The van der Waals surface area contributed by atoms with E-state index < -0.39 is 0 Å². The number of carbonyl (C=O) groups is 1. The lowest BCUT2D eigenvalue weighted by Crippen LogP contribution is -2.13. The highest BCUT2D eigenvalue weighted by Crippen LogP contribution is 2.43. The lowest BCUT2D eigenvalue weighted by molar-refractivity contribution is 0.102. The van der Waals surface area contributed by atoms with Gasteiger partial charge >= 0.3 is 0 Å². The monoisotopic (exact) mass is 435 g/mol. The maximum Gasteiger partial charge on any atom is 0.255 e. The average molecular weight is 436 g/mol. The number of thioether (sulfide) groups is 1. The summed E-state index contributed by atoms with van der Waals surface area (Å²) in [5.74, 6) is 1.48. The number of hydrogen-bond donors (Lipinski definition) is 1. The predicted octanol–water partition coefficient (Wildman–Crippen LogP) is 6.28. The molecule has 0 spiro atoms. The van der Waals surface area contributed by atoms with Gasteiger partial charge in [-0.2, -0.15) is 0 Å². The van der Waals surface area contributed by atoms with E-state index in [1.165, 1.54) is 31.2 Å². The van der Waals surface area contributed by atoms with Gasteiger partial charge in [-0.15, -0.1) is 11.8 Å². The fraction of sp³-hybridized carbons (Fsp3) is 0.360. The fourth-order valence-electron chi connectivity index (χ4n) is 3.80. The molecule has 1 aliphatic heterocycles. The van der Waals surface area contributed by atoms with E-state index in [-0.39, 0.29) is 11.3 Å². The Morgan fingerprint density at radius 2 is 2.10 bits per heavy atom. The van der Waals surface area contributed by atoms with Gasteiger partial charge in [0.2, 0.25) is 0 Å². The van der Waals surface area contributed by atoms with Crippen LogP contribution < -0.4 is 10.1 Å². The smallest absolute Gasteiger partial charge is 0.255 e. The van der Waals surface area contributed by atoms with Crippen molar-refractivity contribution >= 4 is 23.4 Å². The molecule has 0 saturated heterocycles. The number of anilines is 1. The molecule has 6 heteroatoms. The molecule has 1 aliphatic rings. The van der Waals surface area contributed by atoms with Crippen LogP contribution in [0.5, 0.6) is 5.75 Å². The van der Waals surface area contributed by atoms with E-state index >= 15 is 0 Å². The Morgan fingerprint density at radius 1 is 1.19 bits per heavy atom. The van der Waals surface area contributed by atoms with Crippen LogP contribution in [0.15, 0.2) is 61.1 Å². The second-order valence-corrected chi connectivity index (χ2v) is 8.85. The van der Waals surface area contributed by atoms with E-state index in [0.29, 0.717) is 12.2 Å². The molecule has 0 fully saturated rings. The molecule has 162 valence electrons. The molecule has 3 heterocycles. The quantitative estimate of drug-likeness (QED) is 0.381. The van der Waals surface area contributed by atoms with Crippen LogP contribution in [0.25, 0.3) is 0 Å². The van der Waals surface area contributed by atoms with Crippen LogP contribution >= 0.6 is 11.8 Å². The van der Waals surface area contributed by atoms with Crippen LogP contribution in [0, 0.1) is 0 Å². The second-order valence-electron chi connectivity index (χ2n) is 7.78. The van der Waals surface area contributed by atoms with Gasteiger partial charge in [0.05, 0.1) is 18.0 Å². The Morgan fingerprint density at radius 3 is 2.94 bits per heavy atom. The Hall–Kier alpha value is -2.73. The highest BCUT2D eigenvalue weighted by molar-refractivity contribution is 7.99. The molecular weight excluding hydrogens is 406 g/mol. The lowest BCUT2D eigenvalue weighted by atomic mass is 10.1. The van der Waals surface area contributed by atoms with E-state index in [1.54, 1.807) is 6.20 Å². The maximum atomic E-state index is 12.9. The maximum absolute atomic E-state index is 12.9. The Bertz CT molecular complexity index is 1000. The molecule has 0 aliphatic carbocycles. The number of hydrogen-bond acceptors (Lipinski definition) is 4. The van der Waals surface area contributed by atoms with Gasteiger partial charge in [-0.3, -0.25) is 9.78 Å². The van der Waals surface area contributed by atoms with Gasteiger partial charge in [-0.1, -0.05) is 44.7 Å². The Kier molecular flexibility index (Phi) is 7.30. The van der Waals surface area contributed by atoms with Crippen LogP contribution in [0.2, 0.25) is 0 Å². The Balaban J connectivity index is 1.36. The first-order chi connectivity index (χ1) is 15.3. The number of unbranched alkanes of at least 4 members (excludes halogenated alkanes) is 4. The van der Waals surface area contributed by atoms with Crippen LogP contribution in [0.3, 0.4) is 0 Å². The number of pyridine rings is 1. The first kappa shape index (κ1) is 21.5. The number of nitrogens with zero attached hydrogens (tertiary/aromatic N) is 2. The lowest BCUT2D eigenvalue weighted by Gasteiger charge is -2.12. The summed E-state index contributed by atoms with van der Waals surface area (Å²) < 4.78 is 8.07. The molecule has 1 amide bonds. The van der Waals surface area contributed by atoms with Crippen molar-refractivity contribution in [2.24, 2.45) is 0 Å². The first-order valence-corrected chi connectivity index (χ1v) is 12.1. The van der Waals surface area contributed by atoms with Crippen LogP contribution in [-0.2, 0) is 5.75 Å². The highest BCUT2D eigenvalue weighted by atomic mass is 32.2. The van der Waals surface area contributed by atoms with Crippen LogP contribution in [0.1, 0.15) is 66.0 Å². The number of aromatic nitrogens is 2. The standard InChI is InChI=1S/C25H29N3O2S/c1-2-3-4-5-6-15-30-21-11-7-9-19(16-21)24(29)27-22-12-14-28-23(22)18-31-25(28)20-10-8-13-26-17-20/h7-14,16-17,25H,2-6,15,18H2,1H3,(H,27,29). The molecule has 2 aromatic heterocycles. The topological polar surface area (TPSA) is 56.1 Å². The van der Waals surface area contributed by atoms with Crippen LogP contribution in [0.4, 0.5) is 5.69 Å². The summed E-state index contributed by atoms with van der Waals surface area (Å²) in [6.45, 7) is 2.90. The molecule has 1 unspecified atom stereocenters. The van der Waals surface area contributed by atoms with Crippen LogP contribution in [-0.4, -0.2) is 22.1 Å². The number of benzene rings is 1. The minimum Gasteiger partial charge on any atom is -0.494 e. The van der Waals surface area contributed by atoms with E-state index in [2.05, 4.69) is 27.9 Å². The highest BCUT2D eigenvalue weighted by Gasteiger charge is 2.27. The van der Waals surface area contributed by atoms with Gasteiger partial charge in [0, 0.05) is 35.5 Å². The van der Waals surface area contributed by atoms with Gasteiger partial charge in [0.1, 0.15) is 11.1 Å². The van der Waals surface area contributed by atoms with Crippen molar-refractivity contribution in [1.29, 1.82) is 0 Å². The summed E-state index contributed by atoms with van der Waals surface area (Å²) in [5, 5.41) is 3.28. The SMILES string of the molecule is CCCCCCCOc1cccc(C(=O)Nc2ccn3c2CSC3c2cccnc2)c1. The first-order valence-electron chi connectivity index (χ1n) is 11.0. The summed E-state index contributed by atoms with van der Waals surface area (Å²) in [6, 6.07) is 13.5. The summed E-state index contributed by atoms with van der Waals surface area (Å²) in [7, 11) is 0. The van der Waals surface area contributed by atoms with Crippen molar-refractivity contribution in [2.75, 3.05) is 11.9 Å². The van der Waals surface area contributed by atoms with E-state index in [1.807, 2.05) is 60.6 Å². The molecule has 5 nitrogen and oxygen atoms in total. The third-order valence-electron chi connectivity index (χ3n) is 5.49. The molecule has 1 N–H and O–H groups in total. The molecule has 31 heavy (non-hydrogen) atoms. The zero-order valence-electron chi connectivity index (χ0n) is 17.9. The fourth-order valence-corrected chi connectivity index (χ4v) is 5.11. The van der Waals surface area contributed by atoms with Crippen molar-refractivity contribution in [3.8, 4) is 5.75 Å². The summed E-state index contributed by atoms with van der Waals surface area (Å²) in [5.41, 5.74) is 3.77. The third kappa shape index (κ3) is 5.31. The zero-order chi connectivity index (χ0) is 21.5. The summed E-state index contributed by atoms with van der Waals surface area (Å²) >= 11 is 1.84. The second kappa shape index (κ2) is 10.5. The minimum atomic E-state index is -0.114. The molecule has 1 aromatic carbocycles. The van der Waals surface area contributed by atoms with Crippen molar-refractivity contribution in [3.05, 3.63) is 77.9 Å². The number of amides is 1. The van der Waals surface area contributed by atoms with Crippen molar-refractivity contribution in [3.63, 3.8) is 0 Å². The van der Waals surface area contributed by atoms with Gasteiger partial charge < -0.3 is 14.6 Å². The molecule has 4 rings (SSSR count). The van der Waals surface area contributed by atoms with Gasteiger partial charge in [0.25, 0.3) is 5.91 Å². The van der Waals surface area contributed by atoms with Gasteiger partial charge in [0.15, 0.2) is 0 Å². The van der Waals surface area contributed by atoms with Crippen molar-refractivity contribution in [2.45, 2.75) is 50.2 Å². The summed E-state index contributed by atoms with van der Waals surface area (Å²) in [6.07, 6.45) is 11.7. The van der Waals surface area contributed by atoms with Crippen molar-refractivity contribution in [1.82, 2.24) is 9.55 Å². The molecule has 0 bridgehead atoms. The molecule has 0 radical (unpaired) electrons. The molecule has 1 atom stereocenters. The Labute approximate surface area is 188 Å². The molecular formula is C25H29N3O2S. The number of rotatable bonds is 10. The summed E-state index contributed by atoms with van der Waals surface area (Å²) in [4.78, 5) is 17.1. The van der Waals surface area contributed by atoms with Crippen molar-refractivity contribution < 1.29 is 9.53 Å². The van der Waals surface area contributed by atoms with E-state index in [0.717, 1.165) is 29.3 Å². The number of nitrogens with one attached hydrogen (secondary N) is 1. The largest absolute Gasteiger partial charge is 0.494 e. The number of fused-ring (bicyclic) bond motifs is 1. The van der Waals surface area contributed by atoms with E-state index in [4.69, 9.17) is 4.74 Å². The van der Waals surface area contributed by atoms with Gasteiger partial charge in [-0.25, -0.2) is 0 Å². The zero-order valence-corrected chi connectivity index (χ0v) is 18.7. The molecule has 0 saturated carbocycles. The third-order valence-corrected chi connectivity index (χ3v) is 6.74. The predicted molar refractivity (Wildman–Crippen MR) is 127 cm³/mol. The van der Waals surface area contributed by atoms with E-state index in [9.17, 15) is 4.79 Å². The average Bonchev–Trinajstić information content (AvgIpc) is 3.40. The number of carbonyl (C=O) groups excluding carboxylic acids is 1. The normalized spacial score (nSPS) is 14.9. The molecule has 3 aromatic rings. The number of ether oxygens (including phenoxy) is 1. The minimum absolute atomic E-state index is 0.114.